The molecule has 0 aliphatic carbocycles. The van der Waals surface area contributed by atoms with E-state index in [1.165, 1.54) is 12.0 Å². The largest absolute Gasteiger partial charge is 0.371 e. The zero-order valence-corrected chi connectivity index (χ0v) is 8.37. The third-order valence-electron chi connectivity index (χ3n) is 1.83. The van der Waals surface area contributed by atoms with Gasteiger partial charge in [-0.1, -0.05) is 23.2 Å². The molecule has 70 valence electrons. The fourth-order valence-electron chi connectivity index (χ4n) is 1.19. The van der Waals surface area contributed by atoms with Crippen molar-refractivity contribution in [3.05, 3.63) is 10.6 Å². The molecule has 0 radical (unpaired) electrons. The number of halogens is 2. The Morgan fingerprint density at radius 3 is 3.08 bits per heavy atom. The minimum atomic E-state index is 0.295. The van der Waals surface area contributed by atoms with Gasteiger partial charge in [0.15, 0.2) is 0 Å². The molecule has 0 amide bonds. The van der Waals surface area contributed by atoms with Crippen LogP contribution in [0.3, 0.4) is 0 Å². The van der Waals surface area contributed by atoms with Gasteiger partial charge in [-0.3, -0.25) is 0 Å². The van der Waals surface area contributed by atoms with Crippen LogP contribution in [0.15, 0.2) is 10.6 Å². The van der Waals surface area contributed by atoms with Crippen LogP contribution >= 0.6 is 23.2 Å². The summed E-state index contributed by atoms with van der Waals surface area (Å²) in [6.45, 7) is 2.45. The number of ether oxygens (including phenoxy) is 1. The normalized spacial score (nSPS) is 25.8. The Kier molecular flexibility index (Phi) is 5.00. The fourth-order valence-corrected chi connectivity index (χ4v) is 1.32. The van der Waals surface area contributed by atoms with Gasteiger partial charge in [-0.2, -0.15) is 0 Å². The van der Waals surface area contributed by atoms with Crippen molar-refractivity contribution in [3.63, 3.8) is 0 Å². The van der Waals surface area contributed by atoms with Crippen molar-refractivity contribution in [2.24, 2.45) is 0 Å². The van der Waals surface area contributed by atoms with E-state index in [9.17, 15) is 0 Å². The van der Waals surface area contributed by atoms with Crippen LogP contribution in [0.2, 0.25) is 0 Å². The average Bonchev–Trinajstić information content (AvgIpc) is 2.16. The molecular formula is C8H13Cl2NO. The van der Waals surface area contributed by atoms with Crippen LogP contribution in [0.25, 0.3) is 0 Å². The highest BCUT2D eigenvalue weighted by molar-refractivity contribution is 6.36. The summed E-state index contributed by atoms with van der Waals surface area (Å²) < 4.78 is 5.49. The summed E-state index contributed by atoms with van der Waals surface area (Å²) in [6.07, 6.45) is 2.58. The lowest BCUT2D eigenvalue weighted by atomic mass is 10.1. The molecule has 0 aromatic heterocycles. The Hall–Kier alpha value is 0.240. The number of piperidine rings is 1. The molecule has 0 aromatic rings. The van der Waals surface area contributed by atoms with Crippen LogP contribution in [-0.4, -0.2) is 25.8 Å². The summed E-state index contributed by atoms with van der Waals surface area (Å²) >= 11 is 11.0. The van der Waals surface area contributed by atoms with Crippen molar-refractivity contribution < 1.29 is 4.74 Å². The molecule has 1 atom stereocenters. The quantitative estimate of drug-likeness (QED) is 0.769. The monoisotopic (exact) mass is 209 g/mol. The lowest BCUT2D eigenvalue weighted by Crippen LogP contribution is -2.35. The molecular weight excluding hydrogens is 197 g/mol. The first kappa shape index (κ1) is 10.3. The van der Waals surface area contributed by atoms with E-state index >= 15 is 0 Å². The predicted octanol–water partition coefficient (Wildman–Crippen LogP) is 2.07. The van der Waals surface area contributed by atoms with Crippen molar-refractivity contribution in [2.45, 2.75) is 18.9 Å². The summed E-state index contributed by atoms with van der Waals surface area (Å²) in [6, 6.07) is 0. The second-order valence-electron chi connectivity index (χ2n) is 2.84. The van der Waals surface area contributed by atoms with Gasteiger partial charge in [-0.05, 0) is 19.4 Å². The van der Waals surface area contributed by atoms with Gasteiger partial charge < -0.3 is 10.1 Å². The minimum absolute atomic E-state index is 0.295. The summed E-state index contributed by atoms with van der Waals surface area (Å²) in [4.78, 5) is 0. The Bertz CT molecular complexity index is 155. The topological polar surface area (TPSA) is 21.3 Å². The van der Waals surface area contributed by atoms with Crippen molar-refractivity contribution in [2.75, 3.05) is 19.7 Å². The molecule has 1 aliphatic heterocycles. The highest BCUT2D eigenvalue weighted by atomic mass is 35.5. The van der Waals surface area contributed by atoms with Gasteiger partial charge in [0.2, 0.25) is 0 Å². The molecule has 1 saturated heterocycles. The summed E-state index contributed by atoms with van der Waals surface area (Å²) in [7, 11) is 0. The Balaban J connectivity index is 2.13. The minimum Gasteiger partial charge on any atom is -0.371 e. The molecule has 1 heterocycles. The third kappa shape index (κ3) is 3.76. The van der Waals surface area contributed by atoms with Crippen LogP contribution in [0.5, 0.6) is 0 Å². The van der Waals surface area contributed by atoms with Gasteiger partial charge in [0.1, 0.15) is 0 Å². The number of rotatable bonds is 3. The first-order chi connectivity index (χ1) is 5.83. The van der Waals surface area contributed by atoms with E-state index < -0.39 is 0 Å². The van der Waals surface area contributed by atoms with E-state index in [0.29, 0.717) is 17.7 Å². The smallest absolute Gasteiger partial charge is 0.0836 e. The van der Waals surface area contributed by atoms with Crippen LogP contribution in [0.1, 0.15) is 12.8 Å². The van der Waals surface area contributed by atoms with Crippen LogP contribution in [-0.2, 0) is 4.74 Å². The molecule has 0 bridgehead atoms. The van der Waals surface area contributed by atoms with E-state index in [1.807, 2.05) is 0 Å². The standard InChI is InChI=1S/C8H13Cl2NO/c9-4-7(10)6-12-8-2-1-3-11-5-8/h4,8,11H,1-3,5-6H2. The molecule has 0 saturated carbocycles. The number of nitrogens with one attached hydrogen (secondary N) is 1. The van der Waals surface area contributed by atoms with Crippen molar-refractivity contribution in [1.29, 1.82) is 0 Å². The van der Waals surface area contributed by atoms with Crippen molar-refractivity contribution in [3.8, 4) is 0 Å². The van der Waals surface area contributed by atoms with E-state index in [2.05, 4.69) is 5.32 Å². The average molecular weight is 210 g/mol. The third-order valence-corrected chi connectivity index (χ3v) is 2.42. The predicted molar refractivity (Wildman–Crippen MR) is 51.6 cm³/mol. The van der Waals surface area contributed by atoms with Gasteiger partial charge in [0.05, 0.1) is 17.7 Å². The summed E-state index contributed by atoms with van der Waals surface area (Å²) in [5.41, 5.74) is 1.35. The van der Waals surface area contributed by atoms with Crippen LogP contribution in [0.4, 0.5) is 0 Å². The summed E-state index contributed by atoms with van der Waals surface area (Å²) in [5, 5.41) is 3.81. The van der Waals surface area contributed by atoms with E-state index in [4.69, 9.17) is 27.9 Å². The van der Waals surface area contributed by atoms with Gasteiger partial charge in [-0.15, -0.1) is 0 Å². The molecule has 1 aliphatic rings. The summed E-state index contributed by atoms with van der Waals surface area (Å²) in [5.74, 6) is 0. The molecule has 0 spiro atoms. The molecule has 2 nitrogen and oxygen atoms in total. The van der Waals surface area contributed by atoms with Gasteiger partial charge in [0.25, 0.3) is 0 Å². The van der Waals surface area contributed by atoms with Gasteiger partial charge in [-0.25, -0.2) is 0 Å². The van der Waals surface area contributed by atoms with Crippen LogP contribution in [0, 0.1) is 0 Å². The first-order valence-electron chi connectivity index (χ1n) is 4.10. The maximum atomic E-state index is 5.67. The van der Waals surface area contributed by atoms with Crippen LogP contribution < -0.4 is 5.32 Å². The molecule has 1 N–H and O–H groups in total. The van der Waals surface area contributed by atoms with Crippen molar-refractivity contribution >= 4 is 23.2 Å². The Morgan fingerprint density at radius 1 is 1.67 bits per heavy atom. The van der Waals surface area contributed by atoms with E-state index in [0.717, 1.165) is 19.5 Å². The second kappa shape index (κ2) is 5.81. The molecule has 1 fully saturated rings. The Morgan fingerprint density at radius 2 is 2.50 bits per heavy atom. The molecule has 1 rings (SSSR count). The molecule has 1 unspecified atom stereocenters. The highest BCUT2D eigenvalue weighted by Crippen LogP contribution is 2.10. The number of hydrogen-bond acceptors (Lipinski definition) is 2. The lowest BCUT2D eigenvalue weighted by Gasteiger charge is -2.22. The zero-order chi connectivity index (χ0) is 8.81. The maximum absolute atomic E-state index is 5.67. The van der Waals surface area contributed by atoms with E-state index in [1.54, 1.807) is 0 Å². The highest BCUT2D eigenvalue weighted by Gasteiger charge is 2.12. The number of hydrogen-bond donors (Lipinski definition) is 1. The zero-order valence-electron chi connectivity index (χ0n) is 6.85. The lowest BCUT2D eigenvalue weighted by molar-refractivity contribution is 0.0543. The van der Waals surface area contributed by atoms with E-state index in [-0.39, 0.29) is 0 Å². The fraction of sp³-hybridized carbons (Fsp3) is 0.750. The first-order valence-corrected chi connectivity index (χ1v) is 4.91. The van der Waals surface area contributed by atoms with Gasteiger partial charge >= 0.3 is 0 Å². The molecule has 12 heavy (non-hydrogen) atoms. The SMILES string of the molecule is ClC=C(Cl)COC1CCCNC1. The second-order valence-corrected chi connectivity index (χ2v) is 3.54. The molecule has 0 aromatic carbocycles. The van der Waals surface area contributed by atoms with Gasteiger partial charge in [0, 0.05) is 12.1 Å². The molecule has 4 heteroatoms. The van der Waals surface area contributed by atoms with Crippen molar-refractivity contribution in [1.82, 2.24) is 5.32 Å². The maximum Gasteiger partial charge on any atom is 0.0836 e. The Labute approximate surface area is 82.9 Å².